The molecule has 1 aliphatic heterocycles. The standard InChI is InChI=1S/C19H19N5O2S/c1-2-27(25,26)23-11-19(12-23,6-7-20)24-10-14-9-13-3-4-16-17(13)15(5-8-21-16)18(14)22-24/h3,5,8,10H,2,4,6,9,11-12H2,1H3. The Kier molecular flexibility index (Phi) is 3.39. The molecule has 0 unspecified atom stereocenters. The summed E-state index contributed by atoms with van der Waals surface area (Å²) in [6.07, 6.45) is 7.96. The van der Waals surface area contributed by atoms with Gasteiger partial charge in [0.2, 0.25) is 10.0 Å². The summed E-state index contributed by atoms with van der Waals surface area (Å²) in [5.41, 5.74) is 6.15. The monoisotopic (exact) mass is 381 g/mol. The Morgan fingerprint density at radius 2 is 2.19 bits per heavy atom. The van der Waals surface area contributed by atoms with Crippen LogP contribution >= 0.6 is 0 Å². The summed E-state index contributed by atoms with van der Waals surface area (Å²) >= 11 is 0. The highest BCUT2D eigenvalue weighted by Crippen LogP contribution is 2.44. The van der Waals surface area contributed by atoms with Gasteiger partial charge in [-0.25, -0.2) is 8.42 Å². The Hall–Kier alpha value is -2.50. The first-order valence-corrected chi connectivity index (χ1v) is 10.7. The fourth-order valence-electron chi connectivity index (χ4n) is 4.39. The summed E-state index contributed by atoms with van der Waals surface area (Å²) in [6.45, 7) is 2.24. The minimum absolute atomic E-state index is 0.0720. The van der Waals surface area contributed by atoms with Gasteiger partial charge < -0.3 is 0 Å². The SMILES string of the molecule is CCS(=O)(=O)N1CC(CC#N)(n2cc3c(n2)-c2ccnc4c2C(=CC4)C3)C1. The molecule has 0 radical (unpaired) electrons. The smallest absolute Gasteiger partial charge is 0.213 e. The molecule has 2 aliphatic carbocycles. The second kappa shape index (κ2) is 5.50. The number of fused-ring (bicyclic) bond motifs is 2. The molecule has 0 amide bonds. The third-order valence-electron chi connectivity index (χ3n) is 5.91. The van der Waals surface area contributed by atoms with Crippen molar-refractivity contribution in [3.05, 3.63) is 41.4 Å². The quantitative estimate of drug-likeness (QED) is 0.804. The normalized spacial score (nSPS) is 19.6. The van der Waals surface area contributed by atoms with E-state index in [0.717, 1.165) is 35.4 Å². The fraction of sp³-hybridized carbons (Fsp3) is 0.421. The largest absolute Gasteiger partial charge is 0.262 e. The van der Waals surface area contributed by atoms with Crippen LogP contribution in [0.3, 0.4) is 0 Å². The molecule has 0 N–H and O–H groups in total. The molecular weight excluding hydrogens is 362 g/mol. The van der Waals surface area contributed by atoms with Gasteiger partial charge in [-0.1, -0.05) is 6.08 Å². The van der Waals surface area contributed by atoms with Crippen LogP contribution < -0.4 is 0 Å². The summed E-state index contributed by atoms with van der Waals surface area (Å²) in [5.74, 6) is 0.0720. The summed E-state index contributed by atoms with van der Waals surface area (Å²) in [5, 5.41) is 14.2. The van der Waals surface area contributed by atoms with Crippen molar-refractivity contribution in [3.8, 4) is 17.3 Å². The lowest BCUT2D eigenvalue weighted by Gasteiger charge is -2.47. The van der Waals surface area contributed by atoms with Crippen molar-refractivity contribution in [3.63, 3.8) is 0 Å². The third-order valence-corrected chi connectivity index (χ3v) is 7.69. The van der Waals surface area contributed by atoms with Gasteiger partial charge >= 0.3 is 0 Å². The second-order valence-electron chi connectivity index (χ2n) is 7.47. The zero-order valence-electron chi connectivity index (χ0n) is 15.0. The van der Waals surface area contributed by atoms with Crippen LogP contribution in [-0.4, -0.2) is 46.3 Å². The highest BCUT2D eigenvalue weighted by molar-refractivity contribution is 7.89. The molecule has 0 spiro atoms. The first-order chi connectivity index (χ1) is 13.0. The van der Waals surface area contributed by atoms with Crippen molar-refractivity contribution >= 4 is 15.6 Å². The maximum atomic E-state index is 12.2. The van der Waals surface area contributed by atoms with Crippen LogP contribution in [0.1, 0.15) is 30.2 Å². The zero-order chi connectivity index (χ0) is 18.8. The lowest BCUT2D eigenvalue weighted by Crippen LogP contribution is -2.64. The van der Waals surface area contributed by atoms with Crippen molar-refractivity contribution in [1.82, 2.24) is 19.1 Å². The van der Waals surface area contributed by atoms with Crippen molar-refractivity contribution in [2.45, 2.75) is 31.7 Å². The van der Waals surface area contributed by atoms with Gasteiger partial charge in [0.05, 0.1) is 29.6 Å². The molecule has 5 rings (SSSR count). The molecule has 8 heteroatoms. The molecule has 3 heterocycles. The van der Waals surface area contributed by atoms with Gasteiger partial charge in [0.15, 0.2) is 0 Å². The van der Waals surface area contributed by atoms with Crippen molar-refractivity contribution in [2.75, 3.05) is 18.8 Å². The Morgan fingerprint density at radius 1 is 1.37 bits per heavy atom. The summed E-state index contributed by atoms with van der Waals surface area (Å²) < 4.78 is 27.6. The maximum Gasteiger partial charge on any atom is 0.213 e. The molecule has 0 atom stereocenters. The first-order valence-electron chi connectivity index (χ1n) is 9.09. The van der Waals surface area contributed by atoms with Gasteiger partial charge in [0.25, 0.3) is 0 Å². The van der Waals surface area contributed by atoms with E-state index in [0.29, 0.717) is 13.1 Å². The second-order valence-corrected chi connectivity index (χ2v) is 9.72. The summed E-state index contributed by atoms with van der Waals surface area (Å²) in [6, 6.07) is 4.22. The van der Waals surface area contributed by atoms with Gasteiger partial charge in [0.1, 0.15) is 5.54 Å². The van der Waals surface area contributed by atoms with Crippen LogP contribution in [0.25, 0.3) is 16.8 Å². The predicted octanol–water partition coefficient (Wildman–Crippen LogP) is 1.71. The molecule has 0 aromatic carbocycles. The van der Waals surface area contributed by atoms with Gasteiger partial charge in [-0.3, -0.25) is 9.67 Å². The molecule has 2 aromatic heterocycles. The van der Waals surface area contributed by atoms with Gasteiger partial charge in [-0.2, -0.15) is 14.7 Å². The number of hydrogen-bond donors (Lipinski definition) is 0. The summed E-state index contributed by atoms with van der Waals surface area (Å²) in [7, 11) is -3.25. The number of rotatable bonds is 4. The number of hydrogen-bond acceptors (Lipinski definition) is 5. The van der Waals surface area contributed by atoms with Crippen LogP contribution in [0.15, 0.2) is 24.5 Å². The molecule has 1 saturated heterocycles. The van der Waals surface area contributed by atoms with E-state index in [1.54, 1.807) is 6.92 Å². The molecule has 0 saturated carbocycles. The summed E-state index contributed by atoms with van der Waals surface area (Å²) in [4.78, 5) is 4.48. The Bertz CT molecular complexity index is 1130. The van der Waals surface area contributed by atoms with Crippen molar-refractivity contribution < 1.29 is 8.42 Å². The minimum Gasteiger partial charge on any atom is -0.262 e. The van der Waals surface area contributed by atoms with E-state index in [9.17, 15) is 13.7 Å². The highest BCUT2D eigenvalue weighted by atomic mass is 32.2. The lowest BCUT2D eigenvalue weighted by atomic mass is 9.88. The third kappa shape index (κ3) is 2.25. The van der Waals surface area contributed by atoms with E-state index in [1.807, 2.05) is 23.1 Å². The zero-order valence-corrected chi connectivity index (χ0v) is 15.8. The minimum atomic E-state index is -3.25. The molecule has 7 nitrogen and oxygen atoms in total. The van der Waals surface area contributed by atoms with E-state index in [-0.39, 0.29) is 12.2 Å². The highest BCUT2D eigenvalue weighted by Gasteiger charge is 2.50. The van der Waals surface area contributed by atoms with Crippen LogP contribution in [0, 0.1) is 11.3 Å². The van der Waals surface area contributed by atoms with E-state index in [2.05, 4.69) is 17.1 Å². The van der Waals surface area contributed by atoms with Crippen LogP contribution in [-0.2, 0) is 28.4 Å². The molecule has 2 aromatic rings. The van der Waals surface area contributed by atoms with Crippen LogP contribution in [0.2, 0.25) is 0 Å². The Morgan fingerprint density at radius 3 is 2.93 bits per heavy atom. The first kappa shape index (κ1) is 16.7. The fourth-order valence-corrected chi connectivity index (χ4v) is 5.63. The number of nitriles is 1. The van der Waals surface area contributed by atoms with Crippen molar-refractivity contribution in [1.29, 1.82) is 5.26 Å². The number of allylic oxidation sites excluding steroid dienone is 2. The molecule has 0 bridgehead atoms. The van der Waals surface area contributed by atoms with E-state index < -0.39 is 15.6 Å². The molecule has 27 heavy (non-hydrogen) atoms. The molecule has 138 valence electrons. The van der Waals surface area contributed by atoms with E-state index >= 15 is 0 Å². The number of pyridine rings is 1. The lowest BCUT2D eigenvalue weighted by molar-refractivity contribution is 0.0720. The predicted molar refractivity (Wildman–Crippen MR) is 100 cm³/mol. The topological polar surface area (TPSA) is 91.9 Å². The van der Waals surface area contributed by atoms with Gasteiger partial charge in [-0.15, -0.1) is 0 Å². The number of nitrogens with zero attached hydrogens (tertiary/aromatic N) is 5. The van der Waals surface area contributed by atoms with Crippen molar-refractivity contribution in [2.24, 2.45) is 0 Å². The Balaban J connectivity index is 1.56. The van der Waals surface area contributed by atoms with Crippen LogP contribution in [0.5, 0.6) is 0 Å². The average molecular weight is 381 g/mol. The molecular formula is C19H19N5O2S. The number of sulfonamides is 1. The van der Waals surface area contributed by atoms with E-state index in [1.165, 1.54) is 15.4 Å². The number of aromatic nitrogens is 3. The average Bonchev–Trinajstić information content (AvgIpc) is 3.24. The van der Waals surface area contributed by atoms with E-state index in [4.69, 9.17) is 5.10 Å². The maximum absolute atomic E-state index is 12.2. The molecule has 1 fully saturated rings. The van der Waals surface area contributed by atoms with Crippen LogP contribution in [0.4, 0.5) is 0 Å². The van der Waals surface area contributed by atoms with Gasteiger partial charge in [-0.05, 0) is 18.6 Å². The molecule has 3 aliphatic rings. The Labute approximate surface area is 158 Å². The van der Waals surface area contributed by atoms with Gasteiger partial charge in [0, 0.05) is 55.0 Å².